The van der Waals surface area contributed by atoms with Crippen LogP contribution in [-0.2, 0) is 13.6 Å². The molecule has 3 aromatic rings. The number of thiophene rings is 1. The van der Waals surface area contributed by atoms with E-state index in [1.807, 2.05) is 11.6 Å². The predicted octanol–water partition coefficient (Wildman–Crippen LogP) is 3.92. The lowest BCUT2D eigenvalue weighted by Gasteiger charge is -2.06. The zero-order chi connectivity index (χ0) is 13.9. The van der Waals surface area contributed by atoms with Crippen molar-refractivity contribution in [2.24, 2.45) is 7.05 Å². The third-order valence-corrected chi connectivity index (χ3v) is 4.57. The number of nitrogens with zero attached hydrogens (tertiary/aromatic N) is 3. The van der Waals surface area contributed by atoms with E-state index in [-0.39, 0.29) is 0 Å². The molecule has 0 aliphatic carbocycles. The van der Waals surface area contributed by atoms with Gasteiger partial charge in [0.1, 0.15) is 6.33 Å². The summed E-state index contributed by atoms with van der Waals surface area (Å²) in [4.78, 5) is 1.30. The highest BCUT2D eigenvalue weighted by Gasteiger charge is 2.04. The molecule has 0 spiro atoms. The third-order valence-electron chi connectivity index (χ3n) is 2.95. The van der Waals surface area contributed by atoms with E-state index in [0.717, 1.165) is 27.4 Å². The van der Waals surface area contributed by atoms with Gasteiger partial charge in [-0.15, -0.1) is 21.5 Å². The summed E-state index contributed by atoms with van der Waals surface area (Å²) in [7, 11) is 1.94. The predicted molar refractivity (Wildman–Crippen MR) is 85.8 cm³/mol. The molecule has 102 valence electrons. The van der Waals surface area contributed by atoms with Crippen LogP contribution in [-0.4, -0.2) is 14.8 Å². The van der Waals surface area contributed by atoms with Crippen LogP contribution in [0.2, 0.25) is 0 Å². The molecular formula is C14H13BrN4S. The summed E-state index contributed by atoms with van der Waals surface area (Å²) in [5, 5.41) is 11.4. The van der Waals surface area contributed by atoms with Crippen molar-refractivity contribution < 1.29 is 0 Å². The zero-order valence-corrected chi connectivity index (χ0v) is 13.3. The lowest BCUT2D eigenvalue weighted by molar-refractivity contribution is 0.920. The molecule has 0 atom stereocenters. The molecule has 0 saturated carbocycles. The SMILES string of the molecule is Cn1cnnc1-c1ccc(NCc2ccc(Br)s2)cc1. The van der Waals surface area contributed by atoms with Crippen LogP contribution in [0.5, 0.6) is 0 Å². The van der Waals surface area contributed by atoms with E-state index in [0.29, 0.717) is 0 Å². The van der Waals surface area contributed by atoms with Gasteiger partial charge in [-0.25, -0.2) is 0 Å². The summed E-state index contributed by atoms with van der Waals surface area (Å²) < 4.78 is 3.07. The smallest absolute Gasteiger partial charge is 0.163 e. The Balaban J connectivity index is 1.69. The first-order valence-electron chi connectivity index (χ1n) is 6.15. The van der Waals surface area contributed by atoms with Gasteiger partial charge < -0.3 is 9.88 Å². The lowest BCUT2D eigenvalue weighted by Crippen LogP contribution is -1.97. The van der Waals surface area contributed by atoms with Gasteiger partial charge in [0.25, 0.3) is 0 Å². The van der Waals surface area contributed by atoms with E-state index in [1.165, 1.54) is 4.88 Å². The maximum absolute atomic E-state index is 4.10. The number of benzene rings is 1. The Hall–Kier alpha value is -1.66. The molecule has 1 aromatic carbocycles. The van der Waals surface area contributed by atoms with E-state index in [9.17, 15) is 0 Å². The Labute approximate surface area is 129 Å². The molecule has 0 aliphatic heterocycles. The second kappa shape index (κ2) is 5.76. The van der Waals surface area contributed by atoms with Crippen molar-refractivity contribution in [3.8, 4) is 11.4 Å². The summed E-state index contributed by atoms with van der Waals surface area (Å²) in [5.74, 6) is 0.874. The van der Waals surface area contributed by atoms with Gasteiger partial charge >= 0.3 is 0 Å². The van der Waals surface area contributed by atoms with E-state index < -0.39 is 0 Å². The normalized spacial score (nSPS) is 10.7. The van der Waals surface area contributed by atoms with Crippen LogP contribution in [0.15, 0.2) is 46.5 Å². The molecule has 2 heterocycles. The van der Waals surface area contributed by atoms with E-state index in [2.05, 4.69) is 67.8 Å². The Morgan fingerprint density at radius 1 is 1.20 bits per heavy atom. The van der Waals surface area contributed by atoms with Crippen LogP contribution in [0.3, 0.4) is 0 Å². The summed E-state index contributed by atoms with van der Waals surface area (Å²) in [6, 6.07) is 12.4. The van der Waals surface area contributed by atoms with Crippen molar-refractivity contribution >= 4 is 33.0 Å². The molecule has 3 rings (SSSR count). The van der Waals surface area contributed by atoms with Gasteiger partial charge in [-0.1, -0.05) is 0 Å². The molecule has 0 fully saturated rings. The van der Waals surface area contributed by atoms with E-state index in [1.54, 1.807) is 17.7 Å². The number of hydrogen-bond donors (Lipinski definition) is 1. The monoisotopic (exact) mass is 348 g/mol. The fourth-order valence-corrected chi connectivity index (χ4v) is 3.34. The van der Waals surface area contributed by atoms with Crippen molar-refractivity contribution in [3.63, 3.8) is 0 Å². The summed E-state index contributed by atoms with van der Waals surface area (Å²) in [5.41, 5.74) is 2.16. The maximum atomic E-state index is 4.10. The Morgan fingerprint density at radius 3 is 2.60 bits per heavy atom. The average molecular weight is 349 g/mol. The number of aryl methyl sites for hydroxylation is 1. The molecule has 0 amide bonds. The minimum Gasteiger partial charge on any atom is -0.380 e. The van der Waals surface area contributed by atoms with Gasteiger partial charge in [0.05, 0.1) is 3.79 Å². The standard InChI is InChI=1S/C14H13BrN4S/c1-19-9-17-18-14(19)10-2-4-11(5-3-10)16-8-12-6-7-13(15)20-12/h2-7,9,16H,8H2,1H3. The molecule has 4 nitrogen and oxygen atoms in total. The number of aromatic nitrogens is 3. The minimum atomic E-state index is 0.833. The highest BCUT2D eigenvalue weighted by atomic mass is 79.9. The van der Waals surface area contributed by atoms with Crippen molar-refractivity contribution in [2.45, 2.75) is 6.54 Å². The first-order chi connectivity index (χ1) is 9.72. The van der Waals surface area contributed by atoms with Crippen LogP contribution in [0.1, 0.15) is 4.88 Å². The fourth-order valence-electron chi connectivity index (χ4n) is 1.92. The molecule has 0 saturated heterocycles. The Bertz CT molecular complexity index is 702. The van der Waals surface area contributed by atoms with Crippen molar-refractivity contribution in [1.82, 2.24) is 14.8 Å². The molecule has 0 unspecified atom stereocenters. The molecule has 0 bridgehead atoms. The second-order valence-electron chi connectivity index (χ2n) is 4.40. The molecule has 0 radical (unpaired) electrons. The molecule has 0 aliphatic rings. The van der Waals surface area contributed by atoms with Gasteiger partial charge in [0, 0.05) is 29.7 Å². The average Bonchev–Trinajstić information content (AvgIpc) is 3.06. The zero-order valence-electron chi connectivity index (χ0n) is 10.9. The number of hydrogen-bond acceptors (Lipinski definition) is 4. The first-order valence-corrected chi connectivity index (χ1v) is 7.76. The molecule has 6 heteroatoms. The van der Waals surface area contributed by atoms with Crippen molar-refractivity contribution in [2.75, 3.05) is 5.32 Å². The Morgan fingerprint density at radius 2 is 2.00 bits per heavy atom. The molecule has 2 aromatic heterocycles. The van der Waals surface area contributed by atoms with Gasteiger partial charge in [0.15, 0.2) is 5.82 Å². The Kier molecular flexibility index (Phi) is 3.84. The fraction of sp³-hybridized carbons (Fsp3) is 0.143. The highest BCUT2D eigenvalue weighted by Crippen LogP contribution is 2.23. The topological polar surface area (TPSA) is 42.7 Å². The van der Waals surface area contributed by atoms with Crippen molar-refractivity contribution in [3.05, 3.63) is 51.4 Å². The van der Waals surface area contributed by atoms with E-state index in [4.69, 9.17) is 0 Å². The summed E-state index contributed by atoms with van der Waals surface area (Å²) in [6.45, 7) is 0.833. The van der Waals surface area contributed by atoms with E-state index >= 15 is 0 Å². The second-order valence-corrected chi connectivity index (χ2v) is 6.95. The third kappa shape index (κ3) is 2.91. The van der Waals surface area contributed by atoms with Crippen LogP contribution < -0.4 is 5.32 Å². The van der Waals surface area contributed by atoms with Gasteiger partial charge in [-0.3, -0.25) is 0 Å². The molecule has 20 heavy (non-hydrogen) atoms. The largest absolute Gasteiger partial charge is 0.380 e. The summed E-state index contributed by atoms with van der Waals surface area (Å²) >= 11 is 5.21. The van der Waals surface area contributed by atoms with Crippen LogP contribution in [0.25, 0.3) is 11.4 Å². The number of halogens is 1. The maximum Gasteiger partial charge on any atom is 0.163 e. The van der Waals surface area contributed by atoms with Gasteiger partial charge in [0.2, 0.25) is 0 Å². The van der Waals surface area contributed by atoms with Crippen LogP contribution in [0, 0.1) is 0 Å². The number of nitrogens with one attached hydrogen (secondary N) is 1. The lowest BCUT2D eigenvalue weighted by atomic mass is 10.2. The molecule has 1 N–H and O–H groups in total. The number of rotatable bonds is 4. The van der Waals surface area contributed by atoms with Crippen LogP contribution in [0.4, 0.5) is 5.69 Å². The van der Waals surface area contributed by atoms with Gasteiger partial charge in [-0.2, -0.15) is 0 Å². The van der Waals surface area contributed by atoms with Gasteiger partial charge in [-0.05, 0) is 52.3 Å². The number of anilines is 1. The first kappa shape index (κ1) is 13.3. The quantitative estimate of drug-likeness (QED) is 0.776. The highest BCUT2D eigenvalue weighted by molar-refractivity contribution is 9.11. The summed E-state index contributed by atoms with van der Waals surface area (Å²) in [6.07, 6.45) is 1.70. The van der Waals surface area contributed by atoms with Crippen LogP contribution >= 0.6 is 27.3 Å². The van der Waals surface area contributed by atoms with Crippen molar-refractivity contribution in [1.29, 1.82) is 0 Å². The minimum absolute atomic E-state index is 0.833. The molecular weight excluding hydrogens is 336 g/mol.